The highest BCUT2D eigenvalue weighted by atomic mass is 16.4. The molecule has 1 unspecified atom stereocenters. The zero-order valence-corrected chi connectivity index (χ0v) is 8.63. The van der Waals surface area contributed by atoms with Crippen LogP contribution in [0.25, 0.3) is 0 Å². The van der Waals surface area contributed by atoms with Gasteiger partial charge in [-0.25, -0.2) is 4.79 Å². The van der Waals surface area contributed by atoms with Gasteiger partial charge in [0.25, 0.3) is 0 Å². The molecule has 1 atom stereocenters. The summed E-state index contributed by atoms with van der Waals surface area (Å²) in [7, 11) is 0. The molecule has 0 radical (unpaired) electrons. The molecule has 4 nitrogen and oxygen atoms in total. The van der Waals surface area contributed by atoms with E-state index in [2.05, 4.69) is 10.3 Å². The van der Waals surface area contributed by atoms with Gasteiger partial charge in [-0.2, -0.15) is 0 Å². The Bertz CT molecular complexity index is 440. The lowest BCUT2D eigenvalue weighted by Crippen LogP contribution is -2.54. The molecule has 0 spiro atoms. The van der Waals surface area contributed by atoms with Gasteiger partial charge >= 0.3 is 5.97 Å². The summed E-state index contributed by atoms with van der Waals surface area (Å²) < 4.78 is 0. The normalized spacial score (nSPS) is 22.8. The molecule has 0 saturated carbocycles. The minimum atomic E-state index is -1.13. The fourth-order valence-electron chi connectivity index (χ4n) is 1.64. The van der Waals surface area contributed by atoms with Crippen molar-refractivity contribution in [2.45, 2.75) is 12.0 Å². The highest BCUT2D eigenvalue weighted by molar-refractivity contribution is 6.00. The molecule has 0 aromatic heterocycles. The quantitative estimate of drug-likeness (QED) is 0.798. The van der Waals surface area contributed by atoms with Crippen molar-refractivity contribution in [1.82, 2.24) is 5.32 Å². The van der Waals surface area contributed by atoms with Crippen molar-refractivity contribution in [3.05, 3.63) is 48.3 Å². The van der Waals surface area contributed by atoms with E-state index in [4.69, 9.17) is 0 Å². The Kier molecular flexibility index (Phi) is 2.72. The van der Waals surface area contributed by atoms with Crippen molar-refractivity contribution in [2.75, 3.05) is 0 Å². The topological polar surface area (TPSA) is 61.7 Å². The van der Waals surface area contributed by atoms with Crippen LogP contribution in [0, 0.1) is 0 Å². The lowest BCUT2D eigenvalue weighted by atomic mass is 9.91. The largest absolute Gasteiger partial charge is 0.479 e. The fourth-order valence-corrected chi connectivity index (χ4v) is 1.64. The van der Waals surface area contributed by atoms with Gasteiger partial charge in [-0.15, -0.1) is 0 Å². The number of rotatable bonds is 3. The fraction of sp³-hybridized carbons (Fsp3) is 0.167. The second-order valence-corrected chi connectivity index (χ2v) is 3.68. The summed E-state index contributed by atoms with van der Waals surface area (Å²) in [6.45, 7) is 0. The van der Waals surface area contributed by atoms with Gasteiger partial charge in [0.1, 0.15) is 0 Å². The molecule has 0 aliphatic carbocycles. The molecule has 0 amide bonds. The molecule has 2 N–H and O–H groups in total. The number of carbonyl (C=O) groups is 1. The molecule has 1 aromatic rings. The van der Waals surface area contributed by atoms with E-state index >= 15 is 0 Å². The summed E-state index contributed by atoms with van der Waals surface area (Å²) in [6.07, 6.45) is 4.89. The minimum absolute atomic E-state index is 0.372. The standard InChI is InChI=1S/C12H12N2O2/c15-11(16)12(9-13-6-7-14-12)8-10-4-2-1-3-5-10/h1-7,9,14H,8H2,(H,15,16). The number of carboxylic acid groups (broad SMARTS) is 1. The molecule has 0 bridgehead atoms. The van der Waals surface area contributed by atoms with Crippen LogP contribution in [0.1, 0.15) is 5.56 Å². The van der Waals surface area contributed by atoms with Crippen molar-refractivity contribution in [2.24, 2.45) is 4.99 Å². The first-order valence-electron chi connectivity index (χ1n) is 4.97. The lowest BCUT2D eigenvalue weighted by Gasteiger charge is -2.27. The van der Waals surface area contributed by atoms with Crippen LogP contribution in [0.2, 0.25) is 0 Å². The van der Waals surface area contributed by atoms with Crippen LogP contribution in [-0.2, 0) is 11.2 Å². The first-order valence-corrected chi connectivity index (χ1v) is 4.97. The van der Waals surface area contributed by atoms with E-state index in [9.17, 15) is 9.90 Å². The molecule has 2 rings (SSSR count). The smallest absolute Gasteiger partial charge is 0.335 e. The molecular formula is C12H12N2O2. The Morgan fingerprint density at radius 1 is 1.38 bits per heavy atom. The third-order valence-corrected chi connectivity index (χ3v) is 2.50. The number of aliphatic carboxylic acids is 1. The van der Waals surface area contributed by atoms with E-state index in [-0.39, 0.29) is 0 Å². The van der Waals surface area contributed by atoms with E-state index in [1.54, 1.807) is 6.20 Å². The van der Waals surface area contributed by atoms with Crippen LogP contribution in [0.5, 0.6) is 0 Å². The number of carboxylic acids is 1. The molecule has 1 aliphatic rings. The first-order chi connectivity index (χ1) is 7.73. The van der Waals surface area contributed by atoms with Crippen LogP contribution in [0.3, 0.4) is 0 Å². The van der Waals surface area contributed by atoms with Crippen LogP contribution in [0.4, 0.5) is 0 Å². The van der Waals surface area contributed by atoms with Gasteiger partial charge in [0.05, 0.1) is 0 Å². The zero-order valence-electron chi connectivity index (χ0n) is 8.63. The Morgan fingerprint density at radius 3 is 2.69 bits per heavy atom. The molecule has 0 saturated heterocycles. The maximum Gasteiger partial charge on any atom is 0.335 e. The first kappa shape index (κ1) is 10.4. The predicted octanol–water partition coefficient (Wildman–Crippen LogP) is 1.20. The molecular weight excluding hydrogens is 204 g/mol. The maximum absolute atomic E-state index is 11.3. The van der Waals surface area contributed by atoms with E-state index in [1.165, 1.54) is 12.4 Å². The van der Waals surface area contributed by atoms with E-state index in [0.717, 1.165) is 5.56 Å². The van der Waals surface area contributed by atoms with Crippen LogP contribution in [0.15, 0.2) is 47.7 Å². The SMILES string of the molecule is O=C(O)C1(Cc2ccccc2)C=NC=CN1. The Balaban J connectivity index is 2.25. The van der Waals surface area contributed by atoms with Gasteiger partial charge in [0.15, 0.2) is 5.54 Å². The van der Waals surface area contributed by atoms with Crippen LogP contribution in [-0.4, -0.2) is 22.8 Å². The third kappa shape index (κ3) is 1.95. The van der Waals surface area contributed by atoms with Gasteiger partial charge in [0.2, 0.25) is 0 Å². The Morgan fingerprint density at radius 2 is 2.12 bits per heavy atom. The summed E-state index contributed by atoms with van der Waals surface area (Å²) in [5.41, 5.74) is -0.171. The average Bonchev–Trinajstić information content (AvgIpc) is 2.31. The second-order valence-electron chi connectivity index (χ2n) is 3.68. The van der Waals surface area contributed by atoms with E-state index in [0.29, 0.717) is 6.42 Å². The number of benzene rings is 1. The van der Waals surface area contributed by atoms with Gasteiger partial charge in [-0.05, 0) is 5.56 Å². The molecule has 1 aliphatic heterocycles. The summed E-state index contributed by atoms with van der Waals surface area (Å²) >= 11 is 0. The van der Waals surface area contributed by atoms with Gasteiger partial charge in [0, 0.05) is 25.0 Å². The number of hydrogen-bond donors (Lipinski definition) is 2. The maximum atomic E-state index is 11.3. The van der Waals surface area contributed by atoms with Gasteiger partial charge in [-0.3, -0.25) is 4.99 Å². The molecule has 4 heteroatoms. The molecule has 0 fully saturated rings. The Hall–Kier alpha value is -2.10. The van der Waals surface area contributed by atoms with Crippen LogP contribution >= 0.6 is 0 Å². The number of hydrogen-bond acceptors (Lipinski definition) is 3. The third-order valence-electron chi connectivity index (χ3n) is 2.50. The summed E-state index contributed by atoms with van der Waals surface area (Å²) in [4.78, 5) is 15.2. The number of aliphatic imine (C=N–C) groups is 1. The molecule has 1 heterocycles. The van der Waals surface area contributed by atoms with Crippen molar-refractivity contribution in [1.29, 1.82) is 0 Å². The predicted molar refractivity (Wildman–Crippen MR) is 61.3 cm³/mol. The molecule has 16 heavy (non-hydrogen) atoms. The highest BCUT2D eigenvalue weighted by Crippen LogP contribution is 2.14. The lowest BCUT2D eigenvalue weighted by molar-refractivity contribution is -0.141. The molecule has 1 aromatic carbocycles. The number of nitrogens with zero attached hydrogens (tertiary/aromatic N) is 1. The van der Waals surface area contributed by atoms with Gasteiger partial charge < -0.3 is 10.4 Å². The minimum Gasteiger partial charge on any atom is -0.479 e. The van der Waals surface area contributed by atoms with Crippen molar-refractivity contribution >= 4 is 12.2 Å². The summed E-state index contributed by atoms with van der Waals surface area (Å²) in [5, 5.41) is 12.1. The summed E-state index contributed by atoms with van der Waals surface area (Å²) in [5.74, 6) is -0.926. The zero-order chi connectivity index (χ0) is 11.4. The molecule has 82 valence electrons. The number of nitrogens with one attached hydrogen (secondary N) is 1. The Labute approximate surface area is 93.3 Å². The summed E-state index contributed by atoms with van der Waals surface area (Å²) in [6, 6.07) is 9.48. The average molecular weight is 216 g/mol. The van der Waals surface area contributed by atoms with Crippen LogP contribution < -0.4 is 5.32 Å². The highest BCUT2D eigenvalue weighted by Gasteiger charge is 2.36. The van der Waals surface area contributed by atoms with E-state index in [1.807, 2.05) is 30.3 Å². The van der Waals surface area contributed by atoms with Crippen molar-refractivity contribution in [3.8, 4) is 0 Å². The van der Waals surface area contributed by atoms with Gasteiger partial charge in [-0.1, -0.05) is 30.3 Å². The second kappa shape index (κ2) is 4.18. The van der Waals surface area contributed by atoms with Crippen molar-refractivity contribution < 1.29 is 9.90 Å². The van der Waals surface area contributed by atoms with E-state index < -0.39 is 11.5 Å². The van der Waals surface area contributed by atoms with Crippen molar-refractivity contribution in [3.63, 3.8) is 0 Å². The monoisotopic (exact) mass is 216 g/mol.